The molecule has 0 aromatic heterocycles. The van der Waals surface area contributed by atoms with Crippen LogP contribution in [0.25, 0.3) is 0 Å². The molecule has 4 atom stereocenters. The Hall–Kier alpha value is -0.270. The molecule has 0 aromatic carbocycles. The quantitative estimate of drug-likeness (QED) is 0.744. The van der Waals surface area contributed by atoms with Gasteiger partial charge in [-0.2, -0.15) is 0 Å². The summed E-state index contributed by atoms with van der Waals surface area (Å²) in [5.74, 6) is -0.857. The van der Waals surface area contributed by atoms with E-state index in [9.17, 15) is 9.50 Å². The second kappa shape index (κ2) is 5.61. The van der Waals surface area contributed by atoms with Crippen molar-refractivity contribution in [2.45, 2.75) is 63.6 Å². The van der Waals surface area contributed by atoms with Crippen LogP contribution in [0.2, 0.25) is 0 Å². The molecule has 0 aliphatic carbocycles. The highest BCUT2D eigenvalue weighted by Crippen LogP contribution is 2.43. The first kappa shape index (κ1) is 15.1. The average Bonchev–Trinajstić information content (AvgIpc) is 2.78. The smallest absolute Gasteiger partial charge is 0.191 e. The van der Waals surface area contributed by atoms with Crippen LogP contribution in [0.15, 0.2) is 0 Å². The lowest BCUT2D eigenvalue weighted by atomic mass is 9.98. The van der Waals surface area contributed by atoms with Crippen LogP contribution in [-0.2, 0) is 18.9 Å². The molecule has 6 heteroatoms. The molecule has 0 unspecified atom stereocenters. The van der Waals surface area contributed by atoms with Gasteiger partial charge >= 0.3 is 0 Å². The highest BCUT2D eigenvalue weighted by molar-refractivity contribution is 5.03. The molecule has 0 amide bonds. The van der Waals surface area contributed by atoms with E-state index in [1.807, 2.05) is 6.92 Å². The van der Waals surface area contributed by atoms with E-state index in [1.54, 1.807) is 13.8 Å². The fraction of sp³-hybridized carbons (Fsp3) is 1.00. The van der Waals surface area contributed by atoms with Gasteiger partial charge < -0.3 is 24.1 Å². The minimum atomic E-state index is -1.47. The molecular weight excluding hydrogens is 255 g/mol. The lowest BCUT2D eigenvalue weighted by Crippen LogP contribution is -2.49. The monoisotopic (exact) mass is 278 g/mol. The van der Waals surface area contributed by atoms with E-state index >= 15 is 0 Å². The number of alkyl halides is 1. The summed E-state index contributed by atoms with van der Waals surface area (Å²) < 4.78 is 36.4. The molecule has 19 heavy (non-hydrogen) atoms. The van der Waals surface area contributed by atoms with Crippen LogP contribution in [0.5, 0.6) is 0 Å². The predicted octanol–water partition coefficient (Wildman–Crippen LogP) is 1.38. The van der Waals surface area contributed by atoms with Gasteiger partial charge in [-0.05, 0) is 20.3 Å². The summed E-state index contributed by atoms with van der Waals surface area (Å²) in [6.07, 6.45) is -1.17. The minimum absolute atomic E-state index is 0.00478. The number of ether oxygens (including phenoxy) is 4. The first-order valence-corrected chi connectivity index (χ1v) is 6.80. The van der Waals surface area contributed by atoms with Gasteiger partial charge in [0.2, 0.25) is 0 Å². The maximum Gasteiger partial charge on any atom is 0.191 e. The van der Waals surface area contributed by atoms with Gasteiger partial charge in [-0.1, -0.05) is 13.3 Å². The summed E-state index contributed by atoms with van der Waals surface area (Å²) in [4.78, 5) is 0. The molecule has 0 spiro atoms. The molecule has 0 bridgehead atoms. The highest BCUT2D eigenvalue weighted by Gasteiger charge is 2.62. The standard InChI is InChI=1S/C13H23FO5/c1-4-5-6-16-8-13(7-15)10(14)9-11(19-13)18-12(2,3)17-9/h9-11,15H,4-8H2,1-3H3/t9-,10+,11+,13-/m1/s1. The number of hydrogen-bond acceptors (Lipinski definition) is 5. The van der Waals surface area contributed by atoms with Crippen molar-refractivity contribution in [2.75, 3.05) is 19.8 Å². The molecule has 2 saturated heterocycles. The highest BCUT2D eigenvalue weighted by atomic mass is 19.1. The van der Waals surface area contributed by atoms with Crippen LogP contribution in [-0.4, -0.2) is 54.9 Å². The number of fused-ring (bicyclic) bond motifs is 1. The molecule has 0 saturated carbocycles. The number of aliphatic hydroxyl groups is 1. The molecule has 2 aliphatic rings. The largest absolute Gasteiger partial charge is 0.393 e. The van der Waals surface area contributed by atoms with Crippen molar-refractivity contribution in [3.8, 4) is 0 Å². The van der Waals surface area contributed by atoms with Crippen molar-refractivity contribution in [2.24, 2.45) is 0 Å². The summed E-state index contributed by atoms with van der Waals surface area (Å²) in [5.41, 5.74) is -1.38. The zero-order chi connectivity index (χ0) is 14.1. The molecule has 1 N–H and O–H groups in total. The zero-order valence-corrected chi connectivity index (χ0v) is 11.7. The van der Waals surface area contributed by atoms with E-state index in [2.05, 4.69) is 0 Å². The Morgan fingerprint density at radius 3 is 2.58 bits per heavy atom. The maximum absolute atomic E-state index is 14.5. The Kier molecular flexibility index (Phi) is 4.47. The number of aliphatic hydroxyl groups excluding tert-OH is 1. The lowest BCUT2D eigenvalue weighted by molar-refractivity contribution is -0.249. The second-order valence-electron chi connectivity index (χ2n) is 5.62. The van der Waals surface area contributed by atoms with Gasteiger partial charge in [-0.3, -0.25) is 0 Å². The summed E-state index contributed by atoms with van der Waals surface area (Å²) in [6.45, 7) is 5.53. The molecule has 2 rings (SSSR count). The van der Waals surface area contributed by atoms with Crippen molar-refractivity contribution < 1.29 is 28.4 Å². The van der Waals surface area contributed by atoms with Crippen LogP contribution in [0, 0.1) is 0 Å². The zero-order valence-electron chi connectivity index (χ0n) is 11.7. The molecular formula is C13H23FO5. The van der Waals surface area contributed by atoms with E-state index < -0.39 is 36.6 Å². The third-order valence-corrected chi connectivity index (χ3v) is 3.49. The number of unbranched alkanes of at least 4 members (excludes halogenated alkanes) is 1. The Balaban J connectivity index is 1.96. The summed E-state index contributed by atoms with van der Waals surface area (Å²) >= 11 is 0. The minimum Gasteiger partial charge on any atom is -0.393 e. The summed E-state index contributed by atoms with van der Waals surface area (Å²) in [7, 11) is 0. The van der Waals surface area contributed by atoms with Crippen LogP contribution in [0.3, 0.4) is 0 Å². The van der Waals surface area contributed by atoms with Crippen LogP contribution < -0.4 is 0 Å². The molecule has 5 nitrogen and oxygen atoms in total. The molecule has 0 radical (unpaired) electrons. The van der Waals surface area contributed by atoms with Crippen molar-refractivity contribution in [3.63, 3.8) is 0 Å². The first-order chi connectivity index (χ1) is 8.94. The molecule has 2 heterocycles. The summed E-state index contributed by atoms with van der Waals surface area (Å²) in [6, 6.07) is 0. The van der Waals surface area contributed by atoms with E-state index in [0.29, 0.717) is 6.61 Å². The van der Waals surface area contributed by atoms with Crippen LogP contribution in [0.4, 0.5) is 4.39 Å². The predicted molar refractivity (Wildman–Crippen MR) is 65.3 cm³/mol. The van der Waals surface area contributed by atoms with E-state index in [-0.39, 0.29) is 6.61 Å². The van der Waals surface area contributed by atoms with Gasteiger partial charge in [0, 0.05) is 6.61 Å². The normalized spacial score (nSPS) is 40.6. The first-order valence-electron chi connectivity index (χ1n) is 6.80. The second-order valence-corrected chi connectivity index (χ2v) is 5.62. The van der Waals surface area contributed by atoms with Crippen molar-refractivity contribution in [3.05, 3.63) is 0 Å². The van der Waals surface area contributed by atoms with E-state index in [0.717, 1.165) is 12.8 Å². The van der Waals surface area contributed by atoms with E-state index in [4.69, 9.17) is 18.9 Å². The van der Waals surface area contributed by atoms with Gasteiger partial charge in [-0.15, -0.1) is 0 Å². The van der Waals surface area contributed by atoms with Gasteiger partial charge in [0.15, 0.2) is 23.8 Å². The number of hydrogen-bond donors (Lipinski definition) is 1. The van der Waals surface area contributed by atoms with Gasteiger partial charge in [0.1, 0.15) is 6.10 Å². The van der Waals surface area contributed by atoms with E-state index in [1.165, 1.54) is 0 Å². The number of halogens is 1. The maximum atomic E-state index is 14.5. The SMILES string of the molecule is CCCCOC[C@@]1(CO)O[C@@H]2OC(C)(C)O[C@@H]2[C@@H]1F. The Bertz CT molecular complexity index is 311. The van der Waals surface area contributed by atoms with Gasteiger partial charge in [-0.25, -0.2) is 4.39 Å². The molecule has 2 aliphatic heterocycles. The Morgan fingerprint density at radius 1 is 1.26 bits per heavy atom. The molecule has 2 fully saturated rings. The molecule has 0 aromatic rings. The van der Waals surface area contributed by atoms with Crippen molar-refractivity contribution in [1.82, 2.24) is 0 Å². The van der Waals surface area contributed by atoms with Gasteiger partial charge in [0.05, 0.1) is 13.2 Å². The van der Waals surface area contributed by atoms with Crippen molar-refractivity contribution in [1.29, 1.82) is 0 Å². The third kappa shape index (κ3) is 2.92. The lowest BCUT2D eigenvalue weighted by Gasteiger charge is -2.31. The Labute approximate surface area is 113 Å². The fourth-order valence-corrected chi connectivity index (χ4v) is 2.42. The fourth-order valence-electron chi connectivity index (χ4n) is 2.42. The van der Waals surface area contributed by atoms with Crippen LogP contribution in [0.1, 0.15) is 33.6 Å². The van der Waals surface area contributed by atoms with Crippen molar-refractivity contribution >= 4 is 0 Å². The average molecular weight is 278 g/mol. The third-order valence-electron chi connectivity index (χ3n) is 3.49. The molecule has 112 valence electrons. The summed E-state index contributed by atoms with van der Waals surface area (Å²) in [5, 5.41) is 9.47. The Morgan fingerprint density at radius 2 is 2.00 bits per heavy atom. The topological polar surface area (TPSA) is 57.2 Å². The van der Waals surface area contributed by atoms with Gasteiger partial charge in [0.25, 0.3) is 0 Å². The van der Waals surface area contributed by atoms with Crippen LogP contribution >= 0.6 is 0 Å². The number of rotatable bonds is 6.